The number of carbonyl (C=O) groups excluding carboxylic acids is 1. The van der Waals surface area contributed by atoms with E-state index >= 15 is 0 Å². The van der Waals surface area contributed by atoms with Crippen LogP contribution in [0.5, 0.6) is 17.2 Å². The van der Waals surface area contributed by atoms with Crippen molar-refractivity contribution in [3.05, 3.63) is 75.8 Å². The quantitative estimate of drug-likeness (QED) is 0.543. The van der Waals surface area contributed by atoms with Crippen molar-refractivity contribution in [2.24, 2.45) is 13.0 Å². The molecule has 0 radical (unpaired) electrons. The van der Waals surface area contributed by atoms with Gasteiger partial charge in [0.25, 0.3) is 5.56 Å². The SMILES string of the molecule is COc1ccc(C2(COc3ccn(C)c(=O)c3)CC2C(=O)Nc2ccc(Cl)cn2)cc1OC. The number of carbonyl (C=O) groups is 1. The third kappa shape index (κ3) is 4.66. The van der Waals surface area contributed by atoms with Crippen LogP contribution in [0.4, 0.5) is 5.82 Å². The summed E-state index contributed by atoms with van der Waals surface area (Å²) in [5.41, 5.74) is 0.108. The summed E-state index contributed by atoms with van der Waals surface area (Å²) < 4.78 is 18.3. The Hall–Kier alpha value is -3.52. The van der Waals surface area contributed by atoms with Crippen molar-refractivity contribution in [1.82, 2.24) is 9.55 Å². The van der Waals surface area contributed by atoms with Crippen LogP contribution in [0.1, 0.15) is 12.0 Å². The van der Waals surface area contributed by atoms with Gasteiger partial charge in [-0.2, -0.15) is 0 Å². The van der Waals surface area contributed by atoms with E-state index in [1.165, 1.54) is 16.8 Å². The third-order valence-electron chi connectivity index (χ3n) is 5.90. The van der Waals surface area contributed by atoms with Crippen molar-refractivity contribution in [3.8, 4) is 17.2 Å². The summed E-state index contributed by atoms with van der Waals surface area (Å²) in [6.45, 7) is 0.210. The standard InChI is InChI=1S/C24H24ClN3O5/c1-28-9-8-17(11-22(28)29)33-14-24(15-4-6-19(31-2)20(10-15)32-3)12-18(24)23(30)27-21-7-5-16(25)13-26-21/h4-11,13,18H,12,14H2,1-3H3,(H,26,27,30). The van der Waals surface area contributed by atoms with Crippen molar-refractivity contribution < 1.29 is 19.0 Å². The Kier molecular flexibility index (Phi) is 6.29. The molecule has 1 N–H and O–H groups in total. The zero-order valence-electron chi connectivity index (χ0n) is 18.5. The minimum atomic E-state index is -0.600. The van der Waals surface area contributed by atoms with Crippen LogP contribution in [-0.4, -0.2) is 36.3 Å². The van der Waals surface area contributed by atoms with Crippen molar-refractivity contribution in [1.29, 1.82) is 0 Å². The molecule has 1 aliphatic rings. The van der Waals surface area contributed by atoms with Crippen LogP contribution in [0.25, 0.3) is 0 Å². The van der Waals surface area contributed by atoms with Gasteiger partial charge in [0, 0.05) is 30.9 Å². The summed E-state index contributed by atoms with van der Waals surface area (Å²) in [5.74, 6) is 1.49. The number of hydrogen-bond acceptors (Lipinski definition) is 6. The maximum Gasteiger partial charge on any atom is 0.253 e. The van der Waals surface area contributed by atoms with E-state index in [0.717, 1.165) is 5.56 Å². The molecular formula is C24H24ClN3O5. The lowest BCUT2D eigenvalue weighted by Crippen LogP contribution is -2.27. The number of nitrogens with one attached hydrogen (secondary N) is 1. The fourth-order valence-corrected chi connectivity index (χ4v) is 3.96. The van der Waals surface area contributed by atoms with E-state index in [0.29, 0.717) is 34.5 Å². The second-order valence-electron chi connectivity index (χ2n) is 7.93. The van der Waals surface area contributed by atoms with Crippen molar-refractivity contribution in [2.45, 2.75) is 11.8 Å². The largest absolute Gasteiger partial charge is 0.493 e. The first-order valence-corrected chi connectivity index (χ1v) is 10.7. The molecule has 0 saturated heterocycles. The predicted molar refractivity (Wildman–Crippen MR) is 124 cm³/mol. The second-order valence-corrected chi connectivity index (χ2v) is 8.37. The number of aryl methyl sites for hydroxylation is 1. The van der Waals surface area contributed by atoms with Crippen LogP contribution in [-0.2, 0) is 17.3 Å². The molecule has 1 saturated carbocycles. The number of anilines is 1. The highest BCUT2D eigenvalue weighted by Gasteiger charge is 2.60. The minimum absolute atomic E-state index is 0.174. The molecule has 1 amide bonds. The molecule has 3 aromatic rings. The molecule has 9 heteroatoms. The number of methoxy groups -OCH3 is 2. The Labute approximate surface area is 196 Å². The average molecular weight is 470 g/mol. The first kappa shape index (κ1) is 22.7. The Morgan fingerprint density at radius 3 is 2.64 bits per heavy atom. The number of nitrogens with zero attached hydrogens (tertiary/aromatic N) is 2. The zero-order valence-corrected chi connectivity index (χ0v) is 19.3. The molecule has 2 aromatic heterocycles. The molecule has 4 rings (SSSR count). The Bertz CT molecular complexity index is 1230. The highest BCUT2D eigenvalue weighted by atomic mass is 35.5. The molecule has 2 heterocycles. The molecule has 8 nitrogen and oxygen atoms in total. The monoisotopic (exact) mass is 469 g/mol. The Balaban J connectivity index is 1.61. The van der Waals surface area contributed by atoms with E-state index in [9.17, 15) is 9.59 Å². The third-order valence-corrected chi connectivity index (χ3v) is 6.12. The minimum Gasteiger partial charge on any atom is -0.493 e. The normalized spacial score (nSPS) is 19.0. The molecule has 2 atom stereocenters. The fraction of sp³-hybridized carbons (Fsp3) is 0.292. The number of benzene rings is 1. The number of pyridine rings is 2. The second kappa shape index (κ2) is 9.15. The van der Waals surface area contributed by atoms with E-state index in [1.54, 1.807) is 45.7 Å². The predicted octanol–water partition coefficient (Wildman–Crippen LogP) is 3.43. The molecule has 172 valence electrons. The van der Waals surface area contributed by atoms with Crippen LogP contribution >= 0.6 is 11.6 Å². The fourth-order valence-electron chi connectivity index (χ4n) is 3.85. The maximum absolute atomic E-state index is 13.1. The van der Waals surface area contributed by atoms with Gasteiger partial charge in [-0.25, -0.2) is 4.98 Å². The molecular weight excluding hydrogens is 446 g/mol. The van der Waals surface area contributed by atoms with Gasteiger partial charge in [-0.3, -0.25) is 9.59 Å². The molecule has 1 aliphatic carbocycles. The van der Waals surface area contributed by atoms with Crippen molar-refractivity contribution >= 4 is 23.3 Å². The van der Waals surface area contributed by atoms with Crippen LogP contribution in [0.15, 0.2) is 59.7 Å². The molecule has 0 bridgehead atoms. The van der Waals surface area contributed by atoms with Gasteiger partial charge in [0.15, 0.2) is 11.5 Å². The van der Waals surface area contributed by atoms with Gasteiger partial charge >= 0.3 is 0 Å². The van der Waals surface area contributed by atoms with Crippen LogP contribution in [0, 0.1) is 5.92 Å². The van der Waals surface area contributed by atoms with Crippen LogP contribution in [0.3, 0.4) is 0 Å². The van der Waals surface area contributed by atoms with Gasteiger partial charge in [0.1, 0.15) is 11.6 Å². The Morgan fingerprint density at radius 2 is 1.97 bits per heavy atom. The highest BCUT2D eigenvalue weighted by molar-refractivity contribution is 6.30. The topological polar surface area (TPSA) is 91.7 Å². The molecule has 2 unspecified atom stereocenters. The Morgan fingerprint density at radius 1 is 1.18 bits per heavy atom. The van der Waals surface area contributed by atoms with Crippen LogP contribution < -0.4 is 25.1 Å². The number of amides is 1. The van der Waals surface area contributed by atoms with E-state index in [1.807, 2.05) is 18.2 Å². The number of hydrogen-bond donors (Lipinski definition) is 1. The first-order valence-electron chi connectivity index (χ1n) is 10.3. The lowest BCUT2D eigenvalue weighted by atomic mass is 9.93. The molecule has 1 aromatic carbocycles. The van der Waals surface area contributed by atoms with E-state index in [2.05, 4.69) is 10.3 Å². The molecule has 0 aliphatic heterocycles. The van der Waals surface area contributed by atoms with Gasteiger partial charge < -0.3 is 24.1 Å². The number of rotatable bonds is 8. The van der Waals surface area contributed by atoms with Gasteiger partial charge in [-0.15, -0.1) is 0 Å². The van der Waals surface area contributed by atoms with Gasteiger partial charge in [-0.05, 0) is 42.3 Å². The molecule has 33 heavy (non-hydrogen) atoms. The lowest BCUT2D eigenvalue weighted by molar-refractivity contribution is -0.117. The first-order chi connectivity index (χ1) is 15.9. The maximum atomic E-state index is 13.1. The summed E-state index contributed by atoms with van der Waals surface area (Å²) in [5, 5.41) is 3.34. The zero-order chi connectivity index (χ0) is 23.6. The number of halogens is 1. The lowest BCUT2D eigenvalue weighted by Gasteiger charge is -2.20. The summed E-state index contributed by atoms with van der Waals surface area (Å²) in [6, 6.07) is 12.0. The smallest absolute Gasteiger partial charge is 0.253 e. The van der Waals surface area contributed by atoms with Crippen LogP contribution in [0.2, 0.25) is 5.02 Å². The number of ether oxygens (including phenoxy) is 3. The summed E-state index contributed by atoms with van der Waals surface area (Å²) in [7, 11) is 4.80. The average Bonchev–Trinajstić information content (AvgIpc) is 3.57. The number of aromatic nitrogens is 2. The summed E-state index contributed by atoms with van der Waals surface area (Å²) in [6.07, 6.45) is 3.68. The highest BCUT2D eigenvalue weighted by Crippen LogP contribution is 2.56. The van der Waals surface area contributed by atoms with E-state index in [4.69, 9.17) is 25.8 Å². The van der Waals surface area contributed by atoms with Gasteiger partial charge in [-0.1, -0.05) is 17.7 Å². The van der Waals surface area contributed by atoms with Crippen molar-refractivity contribution in [3.63, 3.8) is 0 Å². The van der Waals surface area contributed by atoms with E-state index < -0.39 is 5.41 Å². The summed E-state index contributed by atoms with van der Waals surface area (Å²) >= 11 is 5.88. The summed E-state index contributed by atoms with van der Waals surface area (Å²) in [4.78, 5) is 29.2. The van der Waals surface area contributed by atoms with Gasteiger partial charge in [0.05, 0.1) is 31.8 Å². The van der Waals surface area contributed by atoms with Crippen molar-refractivity contribution in [2.75, 3.05) is 26.1 Å². The molecule has 0 spiro atoms. The van der Waals surface area contributed by atoms with Gasteiger partial charge in [0.2, 0.25) is 5.91 Å². The molecule has 1 fully saturated rings. The van der Waals surface area contributed by atoms with E-state index in [-0.39, 0.29) is 24.0 Å².